The van der Waals surface area contributed by atoms with Gasteiger partial charge >= 0.3 is 5.97 Å². The Morgan fingerprint density at radius 1 is 1.30 bits per heavy atom. The van der Waals surface area contributed by atoms with E-state index in [4.69, 9.17) is 5.11 Å². The zero-order valence-corrected chi connectivity index (χ0v) is 11.2. The van der Waals surface area contributed by atoms with Gasteiger partial charge in [-0.1, -0.05) is 19.1 Å². The van der Waals surface area contributed by atoms with Crippen molar-refractivity contribution in [3.05, 3.63) is 35.6 Å². The lowest BCUT2D eigenvalue weighted by Gasteiger charge is -2.13. The van der Waals surface area contributed by atoms with Crippen LogP contribution in [0.2, 0.25) is 0 Å². The second kappa shape index (κ2) is 6.79. The molecule has 2 atom stereocenters. The number of nitrogens with one attached hydrogen (secondary N) is 1. The molecule has 1 rings (SSSR count). The zero-order valence-electron chi connectivity index (χ0n) is 11.2. The van der Waals surface area contributed by atoms with Crippen LogP contribution in [0.15, 0.2) is 24.3 Å². The summed E-state index contributed by atoms with van der Waals surface area (Å²) >= 11 is 0. The maximum Gasteiger partial charge on any atom is 0.325 e. The monoisotopic (exact) mass is 281 g/mol. The third-order valence-electron chi connectivity index (χ3n) is 2.80. The van der Waals surface area contributed by atoms with E-state index in [1.54, 1.807) is 0 Å². The van der Waals surface area contributed by atoms with Gasteiger partial charge in [-0.2, -0.15) is 0 Å². The van der Waals surface area contributed by atoms with Crippen molar-refractivity contribution in [1.29, 1.82) is 0 Å². The first-order valence-electron chi connectivity index (χ1n) is 6.13. The molecular formula is C14H16FNO4. The molecule has 1 aromatic rings. The van der Waals surface area contributed by atoms with Crippen LogP contribution in [0, 0.1) is 11.7 Å². The lowest BCUT2D eigenvalue weighted by atomic mass is 9.96. The summed E-state index contributed by atoms with van der Waals surface area (Å²) in [6.07, 6.45) is -0.146. The van der Waals surface area contributed by atoms with Gasteiger partial charge in [-0.05, 0) is 19.1 Å². The van der Waals surface area contributed by atoms with E-state index in [1.165, 1.54) is 32.0 Å². The van der Waals surface area contributed by atoms with E-state index in [0.29, 0.717) is 0 Å². The topological polar surface area (TPSA) is 83.5 Å². The lowest BCUT2D eigenvalue weighted by molar-refractivity contribution is -0.141. The highest BCUT2D eigenvalue weighted by molar-refractivity contribution is 5.99. The molecule has 0 fully saturated rings. The highest BCUT2D eigenvalue weighted by atomic mass is 19.1. The molecule has 0 heterocycles. The summed E-state index contributed by atoms with van der Waals surface area (Å²) in [7, 11) is 0. The van der Waals surface area contributed by atoms with E-state index in [-0.39, 0.29) is 17.8 Å². The number of benzene rings is 1. The molecular weight excluding hydrogens is 265 g/mol. The van der Waals surface area contributed by atoms with Crippen LogP contribution in [0.1, 0.15) is 30.6 Å². The minimum absolute atomic E-state index is 0.146. The van der Waals surface area contributed by atoms with Gasteiger partial charge in [0, 0.05) is 17.9 Å². The van der Waals surface area contributed by atoms with Gasteiger partial charge in [-0.25, -0.2) is 4.39 Å². The molecule has 0 aromatic heterocycles. The van der Waals surface area contributed by atoms with E-state index in [1.807, 2.05) is 0 Å². The van der Waals surface area contributed by atoms with Gasteiger partial charge in [0.05, 0.1) is 0 Å². The molecule has 20 heavy (non-hydrogen) atoms. The number of carbonyl (C=O) groups excluding carboxylic acids is 2. The zero-order chi connectivity index (χ0) is 15.3. The van der Waals surface area contributed by atoms with Gasteiger partial charge in [0.1, 0.15) is 11.9 Å². The second-order valence-corrected chi connectivity index (χ2v) is 4.61. The number of carboxylic acids is 1. The predicted molar refractivity (Wildman–Crippen MR) is 69.8 cm³/mol. The number of hydrogen-bond donors (Lipinski definition) is 2. The molecule has 0 aliphatic heterocycles. The van der Waals surface area contributed by atoms with Crippen LogP contribution in [0.4, 0.5) is 4.39 Å². The highest BCUT2D eigenvalue weighted by Crippen LogP contribution is 2.13. The van der Waals surface area contributed by atoms with Crippen molar-refractivity contribution in [3.63, 3.8) is 0 Å². The smallest absolute Gasteiger partial charge is 0.325 e. The van der Waals surface area contributed by atoms with Crippen molar-refractivity contribution in [1.82, 2.24) is 5.32 Å². The second-order valence-electron chi connectivity index (χ2n) is 4.61. The normalized spacial score (nSPS) is 13.3. The third kappa shape index (κ3) is 4.46. The van der Waals surface area contributed by atoms with Crippen LogP contribution < -0.4 is 5.32 Å². The summed E-state index contributed by atoms with van der Waals surface area (Å²) in [5, 5.41) is 10.9. The molecule has 2 N–H and O–H groups in total. The Hall–Kier alpha value is -2.24. The van der Waals surface area contributed by atoms with Gasteiger partial charge < -0.3 is 10.4 Å². The number of hydrogen-bond acceptors (Lipinski definition) is 3. The van der Waals surface area contributed by atoms with Crippen molar-refractivity contribution < 1.29 is 23.9 Å². The molecule has 0 aliphatic rings. The van der Waals surface area contributed by atoms with Crippen LogP contribution in [0.5, 0.6) is 0 Å². The van der Waals surface area contributed by atoms with E-state index >= 15 is 0 Å². The minimum Gasteiger partial charge on any atom is -0.480 e. The molecule has 5 nitrogen and oxygen atoms in total. The summed E-state index contributed by atoms with van der Waals surface area (Å²) in [6.45, 7) is 2.87. The van der Waals surface area contributed by atoms with Crippen LogP contribution in [0.25, 0.3) is 0 Å². The number of rotatable bonds is 6. The van der Waals surface area contributed by atoms with Gasteiger partial charge in [0.25, 0.3) is 0 Å². The quantitative estimate of drug-likeness (QED) is 0.776. The van der Waals surface area contributed by atoms with Gasteiger partial charge in [0.2, 0.25) is 5.91 Å². The number of aliphatic carboxylic acids is 1. The summed E-state index contributed by atoms with van der Waals surface area (Å²) in [5.41, 5.74) is 0.191. The Kier molecular flexibility index (Phi) is 5.37. The highest BCUT2D eigenvalue weighted by Gasteiger charge is 2.21. The number of carbonyl (C=O) groups is 3. The number of ketones is 1. The number of halogens is 1. The Labute approximate surface area is 115 Å². The van der Waals surface area contributed by atoms with Crippen LogP contribution >= 0.6 is 0 Å². The molecule has 0 saturated heterocycles. The van der Waals surface area contributed by atoms with Crippen molar-refractivity contribution in [2.45, 2.75) is 26.3 Å². The number of amides is 1. The molecule has 0 aliphatic carbocycles. The molecule has 0 saturated carbocycles. The van der Waals surface area contributed by atoms with E-state index in [2.05, 4.69) is 5.32 Å². The third-order valence-corrected chi connectivity index (χ3v) is 2.80. The van der Waals surface area contributed by atoms with Gasteiger partial charge in [-0.15, -0.1) is 0 Å². The molecule has 108 valence electrons. The first-order chi connectivity index (χ1) is 9.31. The fourth-order valence-corrected chi connectivity index (χ4v) is 1.66. The standard InChI is InChI=1S/C14H16FNO4/c1-8(6-12(17)16-9(2)14(19)20)13(18)10-4-3-5-11(15)7-10/h3-5,7-9H,6H2,1-2H3,(H,16,17)(H,19,20). The average molecular weight is 281 g/mol. The first kappa shape index (κ1) is 15.8. The van der Waals surface area contributed by atoms with Crippen LogP contribution in [-0.4, -0.2) is 28.8 Å². The Balaban J connectivity index is 2.62. The SMILES string of the molecule is CC(CC(=O)NC(C)C(=O)O)C(=O)c1cccc(F)c1. The Bertz CT molecular complexity index is 530. The van der Waals surface area contributed by atoms with Crippen LogP contribution in [-0.2, 0) is 9.59 Å². The van der Waals surface area contributed by atoms with E-state index in [0.717, 1.165) is 6.07 Å². The van der Waals surface area contributed by atoms with Crippen molar-refractivity contribution in [3.8, 4) is 0 Å². The summed E-state index contributed by atoms with van der Waals surface area (Å²) in [4.78, 5) is 34.1. The lowest BCUT2D eigenvalue weighted by Crippen LogP contribution is -2.39. The summed E-state index contributed by atoms with van der Waals surface area (Å²) < 4.78 is 13.0. The maximum absolute atomic E-state index is 13.0. The molecule has 0 bridgehead atoms. The minimum atomic E-state index is -1.15. The molecule has 0 spiro atoms. The fraction of sp³-hybridized carbons (Fsp3) is 0.357. The van der Waals surface area contributed by atoms with E-state index in [9.17, 15) is 18.8 Å². The average Bonchev–Trinajstić information content (AvgIpc) is 2.37. The van der Waals surface area contributed by atoms with Gasteiger partial charge in [0.15, 0.2) is 5.78 Å². The predicted octanol–water partition coefficient (Wildman–Crippen LogP) is 1.62. The maximum atomic E-state index is 13.0. The number of Topliss-reactive ketones (excluding diaryl/α,β-unsaturated/α-hetero) is 1. The Morgan fingerprint density at radius 3 is 2.50 bits per heavy atom. The fourth-order valence-electron chi connectivity index (χ4n) is 1.66. The molecule has 1 amide bonds. The summed E-state index contributed by atoms with van der Waals surface area (Å²) in [6, 6.07) is 4.21. The largest absolute Gasteiger partial charge is 0.480 e. The molecule has 1 aromatic carbocycles. The Morgan fingerprint density at radius 2 is 1.95 bits per heavy atom. The van der Waals surface area contributed by atoms with Crippen LogP contribution in [0.3, 0.4) is 0 Å². The summed E-state index contributed by atoms with van der Waals surface area (Å²) in [5.74, 6) is -3.22. The first-order valence-corrected chi connectivity index (χ1v) is 6.13. The van der Waals surface area contributed by atoms with Gasteiger partial charge in [-0.3, -0.25) is 14.4 Å². The van der Waals surface area contributed by atoms with Crippen molar-refractivity contribution in [2.24, 2.45) is 5.92 Å². The molecule has 2 unspecified atom stereocenters. The molecule has 6 heteroatoms. The number of carboxylic acid groups (broad SMARTS) is 1. The van der Waals surface area contributed by atoms with E-state index < -0.39 is 29.7 Å². The van der Waals surface area contributed by atoms with Crippen molar-refractivity contribution in [2.75, 3.05) is 0 Å². The van der Waals surface area contributed by atoms with Crippen molar-refractivity contribution >= 4 is 17.7 Å². The molecule has 0 radical (unpaired) electrons.